The zero-order chi connectivity index (χ0) is 16.7. The van der Waals surface area contributed by atoms with E-state index in [-0.39, 0.29) is 0 Å². The van der Waals surface area contributed by atoms with Crippen molar-refractivity contribution in [3.63, 3.8) is 0 Å². The Morgan fingerprint density at radius 1 is 0.583 bits per heavy atom. The van der Waals surface area contributed by atoms with Crippen molar-refractivity contribution in [2.24, 2.45) is 0 Å². The maximum atomic E-state index is 6.52. The van der Waals surface area contributed by atoms with E-state index in [0.29, 0.717) is 11.4 Å². The summed E-state index contributed by atoms with van der Waals surface area (Å²) in [5.74, 6) is 6.52. The number of nitrogen functional groups attached to an aromatic ring is 3. The van der Waals surface area contributed by atoms with Gasteiger partial charge in [-0.05, 0) is 12.1 Å². The molecule has 4 aromatic rings. The van der Waals surface area contributed by atoms with E-state index in [2.05, 4.69) is 0 Å². The summed E-state index contributed by atoms with van der Waals surface area (Å²) >= 11 is 0. The summed E-state index contributed by atoms with van der Waals surface area (Å²) in [5.41, 5.74) is 17.2. The predicted octanol–water partition coefficient (Wildman–Crippen LogP) is 3.85. The standard InChI is InChI=1S/C20H18N4/c21-17-11-15-16(12-18(17)22)20(14-9-5-2-6-10-14)24(23)19(15)13-7-3-1-4-8-13/h1-12H,21-23H2. The van der Waals surface area contributed by atoms with Gasteiger partial charge in [0.2, 0.25) is 0 Å². The molecule has 6 N–H and O–H groups in total. The number of hydrogen-bond donors (Lipinski definition) is 3. The molecule has 4 nitrogen and oxygen atoms in total. The summed E-state index contributed by atoms with van der Waals surface area (Å²) < 4.78 is 1.73. The van der Waals surface area contributed by atoms with Gasteiger partial charge < -0.3 is 17.3 Å². The fraction of sp³-hybridized carbons (Fsp3) is 0. The minimum atomic E-state index is 0.560. The maximum absolute atomic E-state index is 6.52. The summed E-state index contributed by atoms with van der Waals surface area (Å²) in [4.78, 5) is 0. The van der Waals surface area contributed by atoms with Gasteiger partial charge in [0.15, 0.2) is 0 Å². The molecule has 0 radical (unpaired) electrons. The van der Waals surface area contributed by atoms with Crippen LogP contribution in [0.15, 0.2) is 72.8 Å². The van der Waals surface area contributed by atoms with Crippen LogP contribution in [0.1, 0.15) is 0 Å². The Balaban J connectivity index is 2.14. The number of aromatic nitrogens is 1. The van der Waals surface area contributed by atoms with Crippen LogP contribution in [0.2, 0.25) is 0 Å². The molecular weight excluding hydrogens is 296 g/mol. The molecule has 0 aliphatic carbocycles. The quantitative estimate of drug-likeness (QED) is 0.388. The van der Waals surface area contributed by atoms with Gasteiger partial charge >= 0.3 is 0 Å². The zero-order valence-corrected chi connectivity index (χ0v) is 13.1. The van der Waals surface area contributed by atoms with Crippen LogP contribution >= 0.6 is 0 Å². The van der Waals surface area contributed by atoms with Gasteiger partial charge in [-0.3, -0.25) is 4.68 Å². The highest BCUT2D eigenvalue weighted by atomic mass is 15.3. The SMILES string of the molecule is Nc1cc2c(-c3ccccc3)n(N)c(-c3ccccc3)c2cc1N. The molecule has 0 atom stereocenters. The summed E-state index contributed by atoms with van der Waals surface area (Å²) in [6.45, 7) is 0. The van der Waals surface area contributed by atoms with Crippen LogP contribution in [0.25, 0.3) is 33.3 Å². The molecule has 0 spiro atoms. The highest BCUT2D eigenvalue weighted by molar-refractivity contribution is 6.08. The van der Waals surface area contributed by atoms with Gasteiger partial charge in [0.1, 0.15) is 0 Å². The number of nitrogens with two attached hydrogens (primary N) is 3. The maximum Gasteiger partial charge on any atom is 0.0776 e. The molecule has 0 aliphatic heterocycles. The first-order valence-corrected chi connectivity index (χ1v) is 7.76. The van der Waals surface area contributed by atoms with Gasteiger partial charge in [-0.1, -0.05) is 60.7 Å². The lowest BCUT2D eigenvalue weighted by Gasteiger charge is -2.08. The summed E-state index contributed by atoms with van der Waals surface area (Å²) in [6.07, 6.45) is 0. The van der Waals surface area contributed by atoms with Crippen LogP contribution in [0.4, 0.5) is 11.4 Å². The molecule has 24 heavy (non-hydrogen) atoms. The molecule has 4 heteroatoms. The molecule has 0 amide bonds. The molecule has 0 saturated carbocycles. The first-order valence-electron chi connectivity index (χ1n) is 7.76. The third-order valence-corrected chi connectivity index (χ3v) is 4.31. The summed E-state index contributed by atoms with van der Waals surface area (Å²) in [5, 5.41) is 1.99. The fourth-order valence-corrected chi connectivity index (χ4v) is 3.18. The van der Waals surface area contributed by atoms with E-state index in [9.17, 15) is 0 Å². The van der Waals surface area contributed by atoms with Crippen molar-refractivity contribution in [1.82, 2.24) is 4.68 Å². The van der Waals surface area contributed by atoms with E-state index < -0.39 is 0 Å². The molecule has 1 aromatic heterocycles. The Bertz CT molecular complexity index is 936. The van der Waals surface area contributed by atoms with Crippen LogP contribution in [0.3, 0.4) is 0 Å². The van der Waals surface area contributed by atoms with E-state index in [1.54, 1.807) is 4.68 Å². The molecule has 0 unspecified atom stereocenters. The van der Waals surface area contributed by atoms with Crippen LogP contribution < -0.4 is 17.3 Å². The van der Waals surface area contributed by atoms with Crippen LogP contribution in [0.5, 0.6) is 0 Å². The third kappa shape index (κ3) is 2.08. The van der Waals surface area contributed by atoms with E-state index in [0.717, 1.165) is 33.3 Å². The van der Waals surface area contributed by atoms with Gasteiger partial charge in [0.25, 0.3) is 0 Å². The van der Waals surface area contributed by atoms with Crippen LogP contribution in [0, 0.1) is 0 Å². The highest BCUT2D eigenvalue weighted by Crippen LogP contribution is 2.40. The van der Waals surface area contributed by atoms with Gasteiger partial charge in [-0.15, -0.1) is 0 Å². The highest BCUT2D eigenvalue weighted by Gasteiger charge is 2.19. The minimum absolute atomic E-state index is 0.560. The van der Waals surface area contributed by atoms with Crippen LogP contribution in [-0.2, 0) is 0 Å². The second kappa shape index (κ2) is 5.35. The lowest BCUT2D eigenvalue weighted by molar-refractivity contribution is 1.04. The fourth-order valence-electron chi connectivity index (χ4n) is 3.18. The lowest BCUT2D eigenvalue weighted by atomic mass is 10.0. The Hall–Kier alpha value is -3.40. The van der Waals surface area contributed by atoms with E-state index in [1.807, 2.05) is 72.8 Å². The van der Waals surface area contributed by atoms with Crippen molar-refractivity contribution in [2.45, 2.75) is 0 Å². The molecule has 0 fully saturated rings. The van der Waals surface area contributed by atoms with Crippen molar-refractivity contribution in [3.05, 3.63) is 72.8 Å². The summed E-state index contributed by atoms with van der Waals surface area (Å²) in [7, 11) is 0. The number of anilines is 2. The minimum Gasteiger partial charge on any atom is -0.397 e. The average molecular weight is 314 g/mol. The van der Waals surface area contributed by atoms with Gasteiger partial charge in [-0.25, -0.2) is 0 Å². The second-order valence-corrected chi connectivity index (χ2v) is 5.83. The second-order valence-electron chi connectivity index (χ2n) is 5.83. The monoisotopic (exact) mass is 314 g/mol. The Kier molecular flexibility index (Phi) is 3.17. The number of nitrogens with zero attached hydrogens (tertiary/aromatic N) is 1. The number of benzene rings is 3. The molecule has 0 bridgehead atoms. The lowest BCUT2D eigenvalue weighted by Crippen LogP contribution is -2.11. The first kappa shape index (κ1) is 14.2. The number of hydrogen-bond acceptors (Lipinski definition) is 3. The van der Waals surface area contributed by atoms with Gasteiger partial charge in [0.05, 0.1) is 22.8 Å². The van der Waals surface area contributed by atoms with Crippen molar-refractivity contribution in [2.75, 3.05) is 17.3 Å². The topological polar surface area (TPSA) is 83.0 Å². The molecule has 3 aromatic carbocycles. The average Bonchev–Trinajstić information content (AvgIpc) is 2.88. The first-order chi connectivity index (χ1) is 11.7. The molecule has 1 heterocycles. The molecule has 118 valence electrons. The Morgan fingerprint density at radius 3 is 1.33 bits per heavy atom. The van der Waals surface area contributed by atoms with Crippen LogP contribution in [-0.4, -0.2) is 4.68 Å². The van der Waals surface area contributed by atoms with E-state index >= 15 is 0 Å². The number of fused-ring (bicyclic) bond motifs is 1. The van der Waals surface area contributed by atoms with E-state index in [4.69, 9.17) is 17.3 Å². The smallest absolute Gasteiger partial charge is 0.0776 e. The molecule has 0 aliphatic rings. The van der Waals surface area contributed by atoms with Crippen molar-refractivity contribution < 1.29 is 0 Å². The molecule has 4 rings (SSSR count). The van der Waals surface area contributed by atoms with Gasteiger partial charge in [0, 0.05) is 21.9 Å². The number of rotatable bonds is 2. The van der Waals surface area contributed by atoms with Gasteiger partial charge in [-0.2, -0.15) is 0 Å². The largest absolute Gasteiger partial charge is 0.397 e. The zero-order valence-electron chi connectivity index (χ0n) is 13.1. The summed E-state index contributed by atoms with van der Waals surface area (Å²) in [6, 6.07) is 23.9. The van der Waals surface area contributed by atoms with Crippen molar-refractivity contribution in [1.29, 1.82) is 0 Å². The third-order valence-electron chi connectivity index (χ3n) is 4.31. The van der Waals surface area contributed by atoms with Crippen molar-refractivity contribution >= 4 is 22.1 Å². The van der Waals surface area contributed by atoms with E-state index in [1.165, 1.54) is 0 Å². The Morgan fingerprint density at radius 2 is 0.958 bits per heavy atom. The normalized spacial score (nSPS) is 11.0. The predicted molar refractivity (Wildman–Crippen MR) is 102 cm³/mol. The Labute approximate surface area is 140 Å². The molecule has 0 saturated heterocycles. The van der Waals surface area contributed by atoms with Crippen molar-refractivity contribution in [3.8, 4) is 22.5 Å². The molecular formula is C20H18N4.